The molecule has 3 atom stereocenters. The number of aromatic nitrogens is 1. The lowest BCUT2D eigenvalue weighted by molar-refractivity contribution is -0.119. The summed E-state index contributed by atoms with van der Waals surface area (Å²) in [5, 5.41) is 1.68. The molecule has 4 aromatic rings. The number of carbonyl (C=O) groups is 1. The molecule has 2 N–H and O–H groups in total. The summed E-state index contributed by atoms with van der Waals surface area (Å²) >= 11 is 1.54. The van der Waals surface area contributed by atoms with Gasteiger partial charge in [0.1, 0.15) is 17.1 Å². The molecule has 0 radical (unpaired) electrons. The van der Waals surface area contributed by atoms with Gasteiger partial charge in [0, 0.05) is 23.9 Å². The molecule has 6 rings (SSSR count). The van der Waals surface area contributed by atoms with Crippen LogP contribution < -0.4 is 10.5 Å². The smallest absolute Gasteiger partial charge is 0.279 e. The van der Waals surface area contributed by atoms with E-state index < -0.39 is 0 Å². The van der Waals surface area contributed by atoms with Crippen LogP contribution in [0.15, 0.2) is 52.9 Å². The van der Waals surface area contributed by atoms with E-state index in [1.165, 1.54) is 12.8 Å². The van der Waals surface area contributed by atoms with E-state index in [0.717, 1.165) is 52.1 Å². The molecule has 2 saturated heterocycles. The second kappa shape index (κ2) is 7.90. The van der Waals surface area contributed by atoms with E-state index in [0.29, 0.717) is 29.6 Å². The molecule has 0 aliphatic carbocycles. The summed E-state index contributed by atoms with van der Waals surface area (Å²) in [5.41, 5.74) is 7.26. The summed E-state index contributed by atoms with van der Waals surface area (Å²) in [6.07, 6.45) is 5.02. The molecule has 6 nitrogen and oxygen atoms in total. The van der Waals surface area contributed by atoms with Crippen LogP contribution >= 0.6 is 11.3 Å². The third kappa shape index (κ3) is 3.76. The number of hydrogen-bond acceptors (Lipinski definition) is 6. The van der Waals surface area contributed by atoms with Crippen molar-refractivity contribution >= 4 is 38.4 Å². The van der Waals surface area contributed by atoms with Gasteiger partial charge < -0.3 is 14.9 Å². The van der Waals surface area contributed by atoms with Crippen molar-refractivity contribution < 1.29 is 13.9 Å². The number of nitrogens with zero attached hydrogens (tertiary/aromatic N) is 2. The molecule has 7 heteroatoms. The molecule has 0 spiro atoms. The largest absolute Gasteiger partial charge is 0.460 e. The van der Waals surface area contributed by atoms with Crippen LogP contribution in [0.4, 0.5) is 0 Å². The Bertz CT molecular complexity index is 1250. The van der Waals surface area contributed by atoms with Gasteiger partial charge in [0.15, 0.2) is 0 Å². The first-order chi connectivity index (χ1) is 15.6. The normalized spacial score (nSPS) is 23.2. The van der Waals surface area contributed by atoms with Crippen molar-refractivity contribution in [3.05, 3.63) is 54.3 Å². The Morgan fingerprint density at radius 3 is 2.75 bits per heavy atom. The number of hydrogen-bond donors (Lipinski definition) is 1. The van der Waals surface area contributed by atoms with Gasteiger partial charge in [0.25, 0.3) is 5.19 Å². The maximum atomic E-state index is 11.3. The van der Waals surface area contributed by atoms with Crippen LogP contribution in [0, 0.1) is 5.92 Å². The van der Waals surface area contributed by atoms with Gasteiger partial charge >= 0.3 is 0 Å². The minimum atomic E-state index is -0.177. The van der Waals surface area contributed by atoms with Gasteiger partial charge in [-0.05, 0) is 68.0 Å². The fraction of sp³-hybridized carbons (Fsp3) is 0.360. The van der Waals surface area contributed by atoms with Crippen LogP contribution in [-0.2, 0) is 11.3 Å². The number of benzene rings is 2. The number of piperidine rings is 1. The van der Waals surface area contributed by atoms with E-state index in [1.54, 1.807) is 11.3 Å². The SMILES string of the molecule is NC(=O)CC1C[C@H]2CC[C@@H](C1)N2Cc1cc2cc(Oc3nc4ccccc4s3)ccc2o1. The Morgan fingerprint density at radius 2 is 1.97 bits per heavy atom. The number of primary amides is 1. The molecule has 1 amide bonds. The van der Waals surface area contributed by atoms with Crippen molar-refractivity contribution in [2.45, 2.75) is 50.7 Å². The Labute approximate surface area is 190 Å². The number of rotatable bonds is 6. The van der Waals surface area contributed by atoms with Crippen LogP contribution in [-0.4, -0.2) is 27.9 Å². The number of ether oxygens (including phenoxy) is 1. The van der Waals surface area contributed by atoms with E-state index in [2.05, 4.69) is 22.0 Å². The quantitative estimate of drug-likeness (QED) is 0.425. The van der Waals surface area contributed by atoms with Crippen LogP contribution in [0.3, 0.4) is 0 Å². The molecule has 2 aliphatic heterocycles. The zero-order valence-electron chi connectivity index (χ0n) is 17.7. The Balaban J connectivity index is 1.17. The van der Waals surface area contributed by atoms with Crippen molar-refractivity contribution in [2.75, 3.05) is 0 Å². The van der Waals surface area contributed by atoms with Gasteiger partial charge in [0.2, 0.25) is 5.91 Å². The highest BCUT2D eigenvalue weighted by Crippen LogP contribution is 2.41. The van der Waals surface area contributed by atoms with Crippen LogP contribution in [0.5, 0.6) is 10.9 Å². The number of furan rings is 1. The lowest BCUT2D eigenvalue weighted by Gasteiger charge is -2.38. The molecule has 32 heavy (non-hydrogen) atoms. The van der Waals surface area contributed by atoms with Gasteiger partial charge in [-0.15, -0.1) is 0 Å². The van der Waals surface area contributed by atoms with Gasteiger partial charge in [0.05, 0.1) is 16.8 Å². The first kappa shape index (κ1) is 19.8. The first-order valence-electron chi connectivity index (χ1n) is 11.2. The lowest BCUT2D eigenvalue weighted by atomic mass is 9.88. The van der Waals surface area contributed by atoms with E-state index in [9.17, 15) is 4.79 Å². The number of carbonyl (C=O) groups excluding carboxylic acids is 1. The number of fused-ring (bicyclic) bond motifs is 4. The Hall–Kier alpha value is -2.90. The predicted octanol–water partition coefficient (Wildman–Crippen LogP) is 5.45. The molecule has 2 aromatic carbocycles. The summed E-state index contributed by atoms with van der Waals surface area (Å²) in [7, 11) is 0. The fourth-order valence-corrected chi connectivity index (χ4v) is 6.32. The minimum Gasteiger partial charge on any atom is -0.460 e. The number of nitrogens with two attached hydrogens (primary N) is 1. The summed E-state index contributed by atoms with van der Waals surface area (Å²) in [4.78, 5) is 18.5. The van der Waals surface area contributed by atoms with Gasteiger partial charge in [-0.3, -0.25) is 9.69 Å². The Kier molecular flexibility index (Phi) is 4.88. The van der Waals surface area contributed by atoms with E-state index >= 15 is 0 Å². The minimum absolute atomic E-state index is 0.177. The third-order valence-corrected chi connectivity index (χ3v) is 7.74. The molecule has 1 unspecified atom stereocenters. The zero-order chi connectivity index (χ0) is 21.7. The topological polar surface area (TPSA) is 81.6 Å². The van der Waals surface area contributed by atoms with Gasteiger partial charge in [-0.25, -0.2) is 4.98 Å². The predicted molar refractivity (Wildman–Crippen MR) is 125 cm³/mol. The standard InChI is InChI=1S/C25H25N3O3S/c26-24(29)11-15-9-17-5-6-18(10-15)28(17)14-20-13-16-12-19(7-8-22(16)30-20)31-25-27-21-3-1-2-4-23(21)32-25/h1-4,7-8,12-13,15,17-18H,5-6,9-11,14H2,(H2,26,29)/t15?,17-,18+. The average molecular weight is 448 g/mol. The van der Waals surface area contributed by atoms with Gasteiger partial charge in [-0.1, -0.05) is 23.5 Å². The third-order valence-electron chi connectivity index (χ3n) is 6.83. The average Bonchev–Trinajstić information content (AvgIpc) is 3.41. The highest BCUT2D eigenvalue weighted by atomic mass is 32.1. The highest BCUT2D eigenvalue weighted by molar-refractivity contribution is 7.20. The first-order valence-corrected chi connectivity index (χ1v) is 12.0. The number of thiazole rings is 1. The number of para-hydroxylation sites is 1. The lowest BCUT2D eigenvalue weighted by Crippen LogP contribution is -2.42. The summed E-state index contributed by atoms with van der Waals surface area (Å²) in [5.74, 6) is 1.99. The van der Waals surface area contributed by atoms with E-state index in [-0.39, 0.29) is 5.91 Å². The van der Waals surface area contributed by atoms with Crippen LogP contribution in [0.1, 0.15) is 37.9 Å². The second-order valence-corrected chi connectivity index (χ2v) is 10.0. The zero-order valence-corrected chi connectivity index (χ0v) is 18.5. The van der Waals surface area contributed by atoms with Crippen molar-refractivity contribution in [2.24, 2.45) is 11.7 Å². The van der Waals surface area contributed by atoms with Crippen LogP contribution in [0.2, 0.25) is 0 Å². The second-order valence-electron chi connectivity index (χ2n) is 9.03. The molecular formula is C25H25N3O3S. The molecular weight excluding hydrogens is 422 g/mol. The van der Waals surface area contributed by atoms with Crippen LogP contribution in [0.25, 0.3) is 21.2 Å². The fourth-order valence-electron chi connectivity index (χ4n) is 5.49. The summed E-state index contributed by atoms with van der Waals surface area (Å²) in [6.45, 7) is 0.807. The molecule has 2 fully saturated rings. The highest BCUT2D eigenvalue weighted by Gasteiger charge is 2.41. The summed E-state index contributed by atoms with van der Waals surface area (Å²) < 4.78 is 13.3. The van der Waals surface area contributed by atoms with E-state index in [1.807, 2.05) is 36.4 Å². The summed E-state index contributed by atoms with van der Waals surface area (Å²) in [6, 6.07) is 17.1. The van der Waals surface area contributed by atoms with E-state index in [4.69, 9.17) is 14.9 Å². The Morgan fingerprint density at radius 1 is 1.16 bits per heavy atom. The molecule has 2 aliphatic rings. The molecule has 4 heterocycles. The molecule has 2 bridgehead atoms. The maximum absolute atomic E-state index is 11.3. The van der Waals surface area contributed by atoms with Crippen molar-refractivity contribution in [1.29, 1.82) is 0 Å². The van der Waals surface area contributed by atoms with Crippen molar-refractivity contribution in [3.63, 3.8) is 0 Å². The molecule has 0 saturated carbocycles. The van der Waals surface area contributed by atoms with Gasteiger partial charge in [-0.2, -0.15) is 0 Å². The maximum Gasteiger partial charge on any atom is 0.279 e. The molecule has 2 aromatic heterocycles. The van der Waals surface area contributed by atoms with Crippen molar-refractivity contribution in [3.8, 4) is 10.9 Å². The monoisotopic (exact) mass is 447 g/mol. The van der Waals surface area contributed by atoms with Crippen molar-refractivity contribution in [1.82, 2.24) is 9.88 Å². The molecule has 164 valence electrons. The number of amides is 1.